The number of aliphatic hydroxyl groups is 1. The largest absolute Gasteiger partial charge is 0.396 e. The first-order valence-electron chi connectivity index (χ1n) is 3.94. The molecule has 0 unspecified atom stereocenters. The second-order valence-corrected chi connectivity index (χ2v) is 2.08. The van der Waals surface area contributed by atoms with Crippen LogP contribution in [-0.2, 0) is 0 Å². The van der Waals surface area contributed by atoms with Crippen molar-refractivity contribution in [2.75, 3.05) is 6.61 Å². The van der Waals surface area contributed by atoms with Crippen molar-refractivity contribution in [3.8, 4) is 0 Å². The summed E-state index contributed by atoms with van der Waals surface area (Å²) < 4.78 is 0. The standard InChI is InChI=1S/C4H10O.C4H10.H3N/c1-2-3-4-5;1-3-4-2;/h5H,2-4H2,1H3;3-4H2,1-2H3;1H3. The molecule has 0 heterocycles. The topological polar surface area (TPSA) is 55.2 Å². The predicted molar refractivity (Wildman–Crippen MR) is 47.6 cm³/mol. The molecule has 0 spiro atoms. The third-order valence-corrected chi connectivity index (χ3v) is 1.01. The molecule has 0 saturated heterocycles. The van der Waals surface area contributed by atoms with E-state index in [1.807, 2.05) is 0 Å². The molecule has 0 saturated carbocycles. The fourth-order valence-electron chi connectivity index (χ4n) is 0.158. The van der Waals surface area contributed by atoms with Gasteiger partial charge in [0.25, 0.3) is 0 Å². The van der Waals surface area contributed by atoms with Crippen LogP contribution in [0, 0.1) is 0 Å². The van der Waals surface area contributed by atoms with E-state index in [0.29, 0.717) is 6.61 Å². The molecule has 2 nitrogen and oxygen atoms in total. The number of aliphatic hydroxyl groups excluding tert-OH is 1. The minimum Gasteiger partial charge on any atom is -0.396 e. The predicted octanol–water partition coefficient (Wildman–Crippen LogP) is 2.75. The van der Waals surface area contributed by atoms with E-state index in [1.54, 1.807) is 0 Å². The summed E-state index contributed by atoms with van der Waals surface area (Å²) in [6.45, 7) is 6.76. The Morgan fingerprint density at radius 2 is 1.30 bits per heavy atom. The maximum atomic E-state index is 8.07. The monoisotopic (exact) mass is 149 g/mol. The summed E-state index contributed by atoms with van der Waals surface area (Å²) in [4.78, 5) is 0. The van der Waals surface area contributed by atoms with Crippen LogP contribution in [0.1, 0.15) is 46.5 Å². The zero-order valence-corrected chi connectivity index (χ0v) is 7.69. The van der Waals surface area contributed by atoms with Crippen LogP contribution in [0.4, 0.5) is 0 Å². The minimum atomic E-state index is 0. The Hall–Kier alpha value is -0.0800. The Kier molecular flexibility index (Phi) is 38.1. The van der Waals surface area contributed by atoms with Crippen LogP contribution in [0.5, 0.6) is 0 Å². The Balaban J connectivity index is -0.0000000910. The molecule has 0 aromatic heterocycles. The third kappa shape index (κ3) is 44.5. The zero-order chi connectivity index (χ0) is 7.54. The van der Waals surface area contributed by atoms with Crippen molar-refractivity contribution in [2.24, 2.45) is 0 Å². The molecule has 0 aliphatic heterocycles. The molecule has 0 bridgehead atoms. The van der Waals surface area contributed by atoms with Crippen molar-refractivity contribution in [3.63, 3.8) is 0 Å². The van der Waals surface area contributed by atoms with Gasteiger partial charge in [0.15, 0.2) is 0 Å². The molecule has 10 heavy (non-hydrogen) atoms. The average Bonchev–Trinajstić information content (AvgIpc) is 1.91. The second kappa shape index (κ2) is 23.1. The van der Waals surface area contributed by atoms with Gasteiger partial charge < -0.3 is 11.3 Å². The second-order valence-electron chi connectivity index (χ2n) is 2.08. The fraction of sp³-hybridized carbons (Fsp3) is 1.00. The molecule has 0 aliphatic rings. The van der Waals surface area contributed by atoms with E-state index in [1.165, 1.54) is 12.8 Å². The number of hydrogen-bond acceptors (Lipinski definition) is 2. The quantitative estimate of drug-likeness (QED) is 0.648. The van der Waals surface area contributed by atoms with Gasteiger partial charge in [0.2, 0.25) is 0 Å². The highest BCUT2D eigenvalue weighted by atomic mass is 16.2. The molecule has 0 fully saturated rings. The Bertz CT molecular complexity index is 28.4. The van der Waals surface area contributed by atoms with E-state index in [0.717, 1.165) is 12.8 Å². The van der Waals surface area contributed by atoms with Gasteiger partial charge in [-0.25, -0.2) is 0 Å². The van der Waals surface area contributed by atoms with Gasteiger partial charge in [-0.3, -0.25) is 0 Å². The molecule has 0 amide bonds. The van der Waals surface area contributed by atoms with Crippen molar-refractivity contribution < 1.29 is 5.11 Å². The van der Waals surface area contributed by atoms with Gasteiger partial charge in [-0.05, 0) is 6.42 Å². The highest BCUT2D eigenvalue weighted by molar-refractivity contribution is 4.23. The summed E-state index contributed by atoms with van der Waals surface area (Å²) in [7, 11) is 0. The van der Waals surface area contributed by atoms with Crippen LogP contribution in [0.25, 0.3) is 0 Å². The van der Waals surface area contributed by atoms with Crippen molar-refractivity contribution in [1.82, 2.24) is 6.15 Å². The molecule has 4 N–H and O–H groups in total. The van der Waals surface area contributed by atoms with Crippen LogP contribution >= 0.6 is 0 Å². The van der Waals surface area contributed by atoms with Gasteiger partial charge in [-0.1, -0.05) is 40.0 Å². The van der Waals surface area contributed by atoms with E-state index in [9.17, 15) is 0 Å². The molecule has 0 aliphatic carbocycles. The zero-order valence-electron chi connectivity index (χ0n) is 7.69. The first kappa shape index (κ1) is 16.5. The lowest BCUT2D eigenvalue weighted by Crippen LogP contribution is -1.75. The van der Waals surface area contributed by atoms with Crippen LogP contribution < -0.4 is 6.15 Å². The maximum Gasteiger partial charge on any atom is 0.0430 e. The third-order valence-electron chi connectivity index (χ3n) is 1.01. The van der Waals surface area contributed by atoms with E-state index in [2.05, 4.69) is 20.8 Å². The number of rotatable bonds is 3. The molecule has 0 aromatic rings. The van der Waals surface area contributed by atoms with E-state index >= 15 is 0 Å². The summed E-state index contributed by atoms with van der Waals surface area (Å²) in [5.74, 6) is 0. The lowest BCUT2D eigenvalue weighted by molar-refractivity contribution is 0.287. The summed E-state index contributed by atoms with van der Waals surface area (Å²) in [6.07, 6.45) is 4.68. The van der Waals surface area contributed by atoms with Crippen LogP contribution in [0.15, 0.2) is 0 Å². The number of hydrogen-bond donors (Lipinski definition) is 2. The van der Waals surface area contributed by atoms with Crippen LogP contribution in [0.2, 0.25) is 0 Å². The Morgan fingerprint density at radius 1 is 0.900 bits per heavy atom. The molecule has 0 atom stereocenters. The molecular formula is C8H23NO. The van der Waals surface area contributed by atoms with Crippen LogP contribution in [0.3, 0.4) is 0 Å². The van der Waals surface area contributed by atoms with Crippen molar-refractivity contribution >= 4 is 0 Å². The van der Waals surface area contributed by atoms with Crippen LogP contribution in [-0.4, -0.2) is 11.7 Å². The van der Waals surface area contributed by atoms with Gasteiger partial charge in [0.1, 0.15) is 0 Å². The summed E-state index contributed by atoms with van der Waals surface area (Å²) in [5.41, 5.74) is 0. The molecular weight excluding hydrogens is 126 g/mol. The average molecular weight is 149 g/mol. The molecule has 0 aromatic carbocycles. The maximum absolute atomic E-state index is 8.07. The van der Waals surface area contributed by atoms with E-state index in [-0.39, 0.29) is 6.15 Å². The first-order chi connectivity index (χ1) is 4.33. The van der Waals surface area contributed by atoms with E-state index in [4.69, 9.17) is 5.11 Å². The first-order valence-corrected chi connectivity index (χ1v) is 3.94. The van der Waals surface area contributed by atoms with Crippen molar-refractivity contribution in [3.05, 3.63) is 0 Å². The molecule has 0 rings (SSSR count). The normalized spacial score (nSPS) is 7.20. The van der Waals surface area contributed by atoms with Gasteiger partial charge in [0, 0.05) is 6.61 Å². The Labute approximate surface area is 65.2 Å². The summed E-state index contributed by atoms with van der Waals surface area (Å²) in [6, 6.07) is 0. The van der Waals surface area contributed by atoms with Crippen molar-refractivity contribution in [2.45, 2.75) is 46.5 Å². The lowest BCUT2D eigenvalue weighted by atomic mass is 10.4. The molecule has 0 radical (unpaired) electrons. The van der Waals surface area contributed by atoms with Crippen molar-refractivity contribution in [1.29, 1.82) is 0 Å². The Morgan fingerprint density at radius 3 is 1.30 bits per heavy atom. The molecule has 66 valence electrons. The molecule has 2 heteroatoms. The minimum absolute atomic E-state index is 0. The summed E-state index contributed by atoms with van der Waals surface area (Å²) in [5, 5.41) is 8.07. The van der Waals surface area contributed by atoms with Gasteiger partial charge in [-0.2, -0.15) is 0 Å². The number of unbranched alkanes of at least 4 members (excludes halogenated alkanes) is 2. The summed E-state index contributed by atoms with van der Waals surface area (Å²) >= 11 is 0. The SMILES string of the molecule is CCCC.CCCCO.N. The lowest BCUT2D eigenvalue weighted by Gasteiger charge is -1.79. The van der Waals surface area contributed by atoms with E-state index < -0.39 is 0 Å². The van der Waals surface area contributed by atoms with Gasteiger partial charge in [0.05, 0.1) is 0 Å². The van der Waals surface area contributed by atoms with Gasteiger partial charge >= 0.3 is 0 Å². The van der Waals surface area contributed by atoms with Gasteiger partial charge in [-0.15, -0.1) is 0 Å². The fourth-order valence-corrected chi connectivity index (χ4v) is 0.158. The smallest absolute Gasteiger partial charge is 0.0430 e. The highest BCUT2D eigenvalue weighted by Crippen LogP contribution is 1.78. The highest BCUT2D eigenvalue weighted by Gasteiger charge is 1.69.